The van der Waals surface area contributed by atoms with E-state index in [1.54, 1.807) is 0 Å². The van der Waals surface area contributed by atoms with E-state index in [0.29, 0.717) is 23.0 Å². The molecule has 1 spiro atoms. The van der Waals surface area contributed by atoms with Crippen molar-refractivity contribution in [1.29, 1.82) is 0 Å². The van der Waals surface area contributed by atoms with Crippen LogP contribution in [0.15, 0.2) is 60.7 Å². The molecule has 2 atom stereocenters. The summed E-state index contributed by atoms with van der Waals surface area (Å²) >= 11 is 0. The zero-order valence-corrected chi connectivity index (χ0v) is 13.6. The monoisotopic (exact) mass is 304 g/mol. The summed E-state index contributed by atoms with van der Waals surface area (Å²) in [5.41, 5.74) is 3.32. The van der Waals surface area contributed by atoms with Gasteiger partial charge in [-0.25, -0.2) is 0 Å². The molecular formula is C22H24O. The van der Waals surface area contributed by atoms with E-state index in [1.165, 1.54) is 24.0 Å². The molecule has 2 aliphatic rings. The van der Waals surface area contributed by atoms with Gasteiger partial charge in [0.15, 0.2) is 0 Å². The second-order valence-corrected chi connectivity index (χ2v) is 7.48. The summed E-state index contributed by atoms with van der Waals surface area (Å²) in [6, 6.07) is 22.0. The first-order valence-corrected chi connectivity index (χ1v) is 8.87. The van der Waals surface area contributed by atoms with Crippen LogP contribution in [0.5, 0.6) is 0 Å². The quantitative estimate of drug-likeness (QED) is 0.718. The number of hydrogen-bond donors (Lipinski definition) is 0. The fourth-order valence-electron chi connectivity index (χ4n) is 4.87. The summed E-state index contributed by atoms with van der Waals surface area (Å²) in [7, 11) is 0. The molecule has 118 valence electrons. The second-order valence-electron chi connectivity index (χ2n) is 7.48. The zero-order chi connectivity index (χ0) is 15.7. The molecule has 2 aromatic carbocycles. The molecule has 0 aliphatic heterocycles. The van der Waals surface area contributed by atoms with E-state index < -0.39 is 0 Å². The Balaban J connectivity index is 1.68. The fraction of sp³-hybridized carbons (Fsp3) is 0.409. The lowest BCUT2D eigenvalue weighted by atomic mass is 9.71. The maximum atomic E-state index is 11.7. The molecule has 0 radical (unpaired) electrons. The van der Waals surface area contributed by atoms with Crippen molar-refractivity contribution in [3.05, 3.63) is 71.8 Å². The minimum Gasteiger partial charge on any atom is -0.300 e. The van der Waals surface area contributed by atoms with Gasteiger partial charge in [-0.2, -0.15) is 0 Å². The molecule has 0 bridgehead atoms. The van der Waals surface area contributed by atoms with Gasteiger partial charge in [0, 0.05) is 12.8 Å². The average Bonchev–Trinajstić information content (AvgIpc) is 2.99. The fourth-order valence-corrected chi connectivity index (χ4v) is 4.87. The Kier molecular flexibility index (Phi) is 3.80. The topological polar surface area (TPSA) is 17.1 Å². The smallest absolute Gasteiger partial charge is 0.132 e. The lowest BCUT2D eigenvalue weighted by Crippen LogP contribution is -2.25. The van der Waals surface area contributed by atoms with Gasteiger partial charge in [0.1, 0.15) is 5.78 Å². The molecule has 23 heavy (non-hydrogen) atoms. The zero-order valence-electron chi connectivity index (χ0n) is 13.6. The van der Waals surface area contributed by atoms with Crippen molar-refractivity contribution >= 4 is 5.78 Å². The molecule has 1 heteroatoms. The van der Waals surface area contributed by atoms with E-state index in [0.717, 1.165) is 25.7 Å². The van der Waals surface area contributed by atoms with Crippen LogP contribution in [0.1, 0.15) is 61.5 Å². The van der Waals surface area contributed by atoms with Crippen LogP contribution in [0.3, 0.4) is 0 Å². The van der Waals surface area contributed by atoms with Crippen molar-refractivity contribution in [2.75, 3.05) is 0 Å². The minimum atomic E-state index is 0.384. The van der Waals surface area contributed by atoms with E-state index >= 15 is 0 Å². The summed E-state index contributed by atoms with van der Waals surface area (Å²) in [5, 5.41) is 0. The van der Waals surface area contributed by atoms with Gasteiger partial charge in [-0.1, -0.05) is 60.7 Å². The van der Waals surface area contributed by atoms with Gasteiger partial charge in [0.05, 0.1) is 0 Å². The molecule has 2 unspecified atom stereocenters. The summed E-state index contributed by atoms with van der Waals surface area (Å²) in [5.74, 6) is 1.65. The molecule has 4 rings (SSSR count). The molecular weight excluding hydrogens is 280 g/mol. The Bertz CT molecular complexity index is 614. The van der Waals surface area contributed by atoms with Gasteiger partial charge in [0.2, 0.25) is 0 Å². The number of hydrogen-bond acceptors (Lipinski definition) is 1. The van der Waals surface area contributed by atoms with Crippen LogP contribution < -0.4 is 0 Å². The largest absolute Gasteiger partial charge is 0.300 e. The van der Waals surface area contributed by atoms with Gasteiger partial charge >= 0.3 is 0 Å². The first kappa shape index (κ1) is 14.7. The predicted octanol–water partition coefficient (Wildman–Crippen LogP) is 5.48. The van der Waals surface area contributed by atoms with Crippen LogP contribution in [-0.4, -0.2) is 5.78 Å². The van der Waals surface area contributed by atoms with Crippen LogP contribution in [-0.2, 0) is 4.79 Å². The number of ketones is 1. The number of carbonyl (C=O) groups excluding carboxylic acids is 1. The number of carbonyl (C=O) groups is 1. The van der Waals surface area contributed by atoms with Crippen LogP contribution >= 0.6 is 0 Å². The molecule has 2 saturated carbocycles. The van der Waals surface area contributed by atoms with Crippen molar-refractivity contribution < 1.29 is 4.79 Å². The second kappa shape index (κ2) is 5.96. The van der Waals surface area contributed by atoms with Gasteiger partial charge < -0.3 is 0 Å². The first-order valence-electron chi connectivity index (χ1n) is 8.87. The van der Waals surface area contributed by atoms with Gasteiger partial charge in [-0.15, -0.1) is 0 Å². The lowest BCUT2D eigenvalue weighted by molar-refractivity contribution is -0.122. The van der Waals surface area contributed by atoms with Crippen molar-refractivity contribution in [1.82, 2.24) is 0 Å². The third-order valence-electron chi connectivity index (χ3n) is 6.12. The Morgan fingerprint density at radius 2 is 1.13 bits per heavy atom. The van der Waals surface area contributed by atoms with Gasteiger partial charge in [-0.05, 0) is 54.1 Å². The molecule has 0 amide bonds. The highest BCUT2D eigenvalue weighted by Gasteiger charge is 2.47. The maximum absolute atomic E-state index is 11.7. The van der Waals surface area contributed by atoms with Crippen molar-refractivity contribution in [3.63, 3.8) is 0 Å². The Hall–Kier alpha value is -1.89. The standard InChI is InChI=1S/C22H24O/c23-19-11-13-22(14-12-19)15-20(17-7-3-1-4-8-17)21(16-22)18-9-5-2-6-10-18/h1-10,20-21H,11-16H2. The van der Waals surface area contributed by atoms with Gasteiger partial charge in [-0.3, -0.25) is 4.79 Å². The molecule has 0 saturated heterocycles. The highest BCUT2D eigenvalue weighted by atomic mass is 16.1. The molecule has 2 aromatic rings. The van der Waals surface area contributed by atoms with Crippen molar-refractivity contribution in [3.8, 4) is 0 Å². The molecule has 0 N–H and O–H groups in total. The molecule has 2 fully saturated rings. The van der Waals surface area contributed by atoms with Crippen LogP contribution in [0.4, 0.5) is 0 Å². The Morgan fingerprint density at radius 3 is 1.57 bits per heavy atom. The molecule has 1 nitrogen and oxygen atoms in total. The third-order valence-corrected chi connectivity index (χ3v) is 6.12. The van der Waals surface area contributed by atoms with E-state index in [2.05, 4.69) is 60.7 Å². The molecule has 0 aromatic heterocycles. The average molecular weight is 304 g/mol. The van der Waals surface area contributed by atoms with E-state index in [-0.39, 0.29) is 0 Å². The van der Waals surface area contributed by atoms with Crippen LogP contribution in [0.25, 0.3) is 0 Å². The van der Waals surface area contributed by atoms with Crippen molar-refractivity contribution in [2.24, 2.45) is 5.41 Å². The van der Waals surface area contributed by atoms with Crippen LogP contribution in [0, 0.1) is 5.41 Å². The number of rotatable bonds is 2. The SMILES string of the molecule is O=C1CCC2(CC1)CC(c1ccccc1)C(c1ccccc1)C2. The minimum absolute atomic E-state index is 0.384. The number of benzene rings is 2. The van der Waals surface area contributed by atoms with Gasteiger partial charge in [0.25, 0.3) is 0 Å². The summed E-state index contributed by atoms with van der Waals surface area (Å²) in [6.45, 7) is 0. The first-order chi connectivity index (χ1) is 11.3. The van der Waals surface area contributed by atoms with Crippen molar-refractivity contribution in [2.45, 2.75) is 50.4 Å². The Labute approximate surface area is 138 Å². The molecule has 0 heterocycles. The highest BCUT2D eigenvalue weighted by molar-refractivity contribution is 5.79. The Morgan fingerprint density at radius 1 is 0.696 bits per heavy atom. The number of Topliss-reactive ketones (excluding diaryl/α,β-unsaturated/α-hetero) is 1. The normalized spacial score (nSPS) is 26.5. The van der Waals surface area contributed by atoms with E-state index in [9.17, 15) is 4.79 Å². The summed E-state index contributed by atoms with van der Waals surface area (Å²) in [6.07, 6.45) is 6.26. The summed E-state index contributed by atoms with van der Waals surface area (Å²) in [4.78, 5) is 11.7. The maximum Gasteiger partial charge on any atom is 0.132 e. The lowest BCUT2D eigenvalue weighted by Gasteiger charge is -2.33. The molecule has 2 aliphatic carbocycles. The summed E-state index contributed by atoms with van der Waals surface area (Å²) < 4.78 is 0. The van der Waals surface area contributed by atoms with E-state index in [1.807, 2.05) is 0 Å². The predicted molar refractivity (Wildman–Crippen MR) is 93.5 cm³/mol. The van der Waals surface area contributed by atoms with Crippen LogP contribution in [0.2, 0.25) is 0 Å². The highest BCUT2D eigenvalue weighted by Crippen LogP contribution is 2.59. The van der Waals surface area contributed by atoms with E-state index in [4.69, 9.17) is 0 Å². The third kappa shape index (κ3) is 2.85.